The number of rotatable bonds is 4. The summed E-state index contributed by atoms with van der Waals surface area (Å²) in [7, 11) is 0. The van der Waals surface area contributed by atoms with Crippen molar-refractivity contribution in [3.63, 3.8) is 0 Å². The van der Waals surface area contributed by atoms with Crippen molar-refractivity contribution in [2.45, 2.75) is 32.1 Å². The van der Waals surface area contributed by atoms with Crippen LogP contribution < -0.4 is 5.32 Å². The van der Waals surface area contributed by atoms with Gasteiger partial charge in [0.1, 0.15) is 0 Å². The van der Waals surface area contributed by atoms with Crippen molar-refractivity contribution in [2.75, 3.05) is 13.1 Å². The molecule has 1 saturated heterocycles. The van der Waals surface area contributed by atoms with E-state index in [1.54, 1.807) is 0 Å². The van der Waals surface area contributed by atoms with Crippen molar-refractivity contribution in [2.24, 2.45) is 5.92 Å². The Hall–Kier alpha value is -1.74. The Morgan fingerprint density at radius 2 is 1.76 bits per heavy atom. The first-order valence-electron chi connectivity index (χ1n) is 7.95. The molecule has 1 atom stereocenters. The quantitative estimate of drug-likeness (QED) is 0.936. The molecule has 0 spiro atoms. The zero-order valence-electron chi connectivity index (χ0n) is 12.5. The number of hydrogen-bond acceptors (Lipinski definition) is 3. The molecule has 0 unspecified atom stereocenters. The summed E-state index contributed by atoms with van der Waals surface area (Å²) >= 11 is 0. The molecule has 0 amide bonds. The lowest BCUT2D eigenvalue weighted by atomic mass is 9.93. The van der Waals surface area contributed by atoms with E-state index in [2.05, 4.69) is 45.6 Å². The van der Waals surface area contributed by atoms with E-state index >= 15 is 0 Å². The molecule has 1 fully saturated rings. The minimum atomic E-state index is 0.742. The molecule has 0 aliphatic carbocycles. The van der Waals surface area contributed by atoms with Gasteiger partial charge >= 0.3 is 0 Å². The Kier molecular flexibility index (Phi) is 4.95. The summed E-state index contributed by atoms with van der Waals surface area (Å²) < 4.78 is 0. The van der Waals surface area contributed by atoms with Crippen molar-refractivity contribution >= 4 is 0 Å². The van der Waals surface area contributed by atoms with Gasteiger partial charge < -0.3 is 5.32 Å². The van der Waals surface area contributed by atoms with E-state index in [-0.39, 0.29) is 0 Å². The summed E-state index contributed by atoms with van der Waals surface area (Å²) in [5, 5.41) is 3.48. The Morgan fingerprint density at radius 1 is 0.952 bits per heavy atom. The Balaban J connectivity index is 1.72. The third-order valence-electron chi connectivity index (χ3n) is 4.25. The SMILES string of the molecule is c1ccc(Cc2nccnc2C[C@@H]2CCCNCC2)cc1. The highest BCUT2D eigenvalue weighted by Gasteiger charge is 2.16. The van der Waals surface area contributed by atoms with Crippen LogP contribution in [0.1, 0.15) is 36.2 Å². The smallest absolute Gasteiger partial charge is 0.0662 e. The molecule has 0 saturated carbocycles. The molecular weight excluding hydrogens is 258 g/mol. The number of nitrogens with zero attached hydrogens (tertiary/aromatic N) is 2. The van der Waals surface area contributed by atoms with Crippen molar-refractivity contribution in [3.8, 4) is 0 Å². The van der Waals surface area contributed by atoms with Gasteiger partial charge in [-0.15, -0.1) is 0 Å². The number of aromatic nitrogens is 2. The first-order valence-corrected chi connectivity index (χ1v) is 7.95. The predicted molar refractivity (Wildman–Crippen MR) is 85.2 cm³/mol. The van der Waals surface area contributed by atoms with E-state index in [9.17, 15) is 0 Å². The summed E-state index contributed by atoms with van der Waals surface area (Å²) in [6.07, 6.45) is 9.43. The molecule has 1 N–H and O–H groups in total. The molecule has 3 nitrogen and oxygen atoms in total. The molecule has 3 rings (SSSR count). The highest BCUT2D eigenvalue weighted by atomic mass is 14.9. The molecule has 0 radical (unpaired) electrons. The van der Waals surface area contributed by atoms with E-state index in [1.807, 2.05) is 12.4 Å². The molecule has 0 bridgehead atoms. The molecular formula is C18H23N3. The van der Waals surface area contributed by atoms with E-state index in [0.29, 0.717) is 0 Å². The predicted octanol–water partition coefficient (Wildman–Crippen LogP) is 3.00. The lowest BCUT2D eigenvalue weighted by Crippen LogP contribution is -2.15. The second-order valence-electron chi connectivity index (χ2n) is 5.86. The van der Waals surface area contributed by atoms with E-state index in [1.165, 1.54) is 30.5 Å². The first-order chi connectivity index (χ1) is 10.4. The van der Waals surface area contributed by atoms with Crippen LogP contribution in [0.5, 0.6) is 0 Å². The lowest BCUT2D eigenvalue weighted by molar-refractivity contribution is 0.462. The second-order valence-corrected chi connectivity index (χ2v) is 5.86. The molecule has 1 aliphatic heterocycles. The average Bonchev–Trinajstić information content (AvgIpc) is 2.79. The summed E-state index contributed by atoms with van der Waals surface area (Å²) in [4.78, 5) is 9.20. The van der Waals surface area contributed by atoms with E-state index < -0.39 is 0 Å². The fraction of sp³-hybridized carbons (Fsp3) is 0.444. The van der Waals surface area contributed by atoms with Gasteiger partial charge in [-0.1, -0.05) is 30.3 Å². The van der Waals surface area contributed by atoms with Crippen LogP contribution >= 0.6 is 0 Å². The van der Waals surface area contributed by atoms with Gasteiger partial charge in [-0.25, -0.2) is 0 Å². The van der Waals surface area contributed by atoms with Crippen molar-refractivity contribution < 1.29 is 0 Å². The van der Waals surface area contributed by atoms with Crippen LogP contribution in [0.2, 0.25) is 0 Å². The standard InChI is InChI=1S/C18H23N3/c1-2-5-15(6-3-1)13-17-18(21-12-11-20-17)14-16-7-4-9-19-10-8-16/h1-3,5-6,11-12,16,19H,4,7-10,13-14H2/t16-/m1/s1. The fourth-order valence-corrected chi connectivity index (χ4v) is 3.07. The summed E-state index contributed by atoms with van der Waals surface area (Å²) in [5.41, 5.74) is 3.64. The third kappa shape index (κ3) is 4.11. The summed E-state index contributed by atoms with van der Waals surface area (Å²) in [6.45, 7) is 2.30. The maximum atomic E-state index is 4.62. The maximum Gasteiger partial charge on any atom is 0.0662 e. The second kappa shape index (κ2) is 7.32. The molecule has 110 valence electrons. The van der Waals surface area contributed by atoms with Gasteiger partial charge in [-0.3, -0.25) is 9.97 Å². The number of nitrogens with one attached hydrogen (secondary N) is 1. The summed E-state index contributed by atoms with van der Waals surface area (Å²) in [6, 6.07) is 10.5. The van der Waals surface area contributed by atoms with Gasteiger partial charge in [0.25, 0.3) is 0 Å². The average molecular weight is 281 g/mol. The minimum absolute atomic E-state index is 0.742. The molecule has 1 aromatic carbocycles. The van der Waals surface area contributed by atoms with Crippen molar-refractivity contribution in [3.05, 3.63) is 59.7 Å². The minimum Gasteiger partial charge on any atom is -0.317 e. The van der Waals surface area contributed by atoms with Gasteiger partial charge in [0.2, 0.25) is 0 Å². The van der Waals surface area contributed by atoms with Crippen molar-refractivity contribution in [1.29, 1.82) is 0 Å². The Bertz CT molecular complexity index is 545. The van der Waals surface area contributed by atoms with Crippen LogP contribution in [-0.2, 0) is 12.8 Å². The highest BCUT2D eigenvalue weighted by molar-refractivity contribution is 5.24. The Morgan fingerprint density at radius 3 is 2.62 bits per heavy atom. The zero-order chi connectivity index (χ0) is 14.3. The topological polar surface area (TPSA) is 37.8 Å². The van der Waals surface area contributed by atoms with Crippen molar-refractivity contribution in [1.82, 2.24) is 15.3 Å². The molecule has 1 aliphatic rings. The number of benzene rings is 1. The van der Waals surface area contributed by atoms with Crippen LogP contribution in [0, 0.1) is 5.92 Å². The molecule has 2 heterocycles. The molecule has 1 aromatic heterocycles. The van der Waals surface area contributed by atoms with Crippen LogP contribution in [0.3, 0.4) is 0 Å². The monoisotopic (exact) mass is 281 g/mol. The molecule has 3 heteroatoms. The van der Waals surface area contributed by atoms with Crippen LogP contribution in [-0.4, -0.2) is 23.1 Å². The molecule has 2 aromatic rings. The highest BCUT2D eigenvalue weighted by Crippen LogP contribution is 2.20. The van der Waals surface area contributed by atoms with Gasteiger partial charge in [0.05, 0.1) is 11.4 Å². The Labute approximate surface area is 126 Å². The third-order valence-corrected chi connectivity index (χ3v) is 4.25. The lowest BCUT2D eigenvalue weighted by Gasteiger charge is -2.15. The molecule has 21 heavy (non-hydrogen) atoms. The van der Waals surface area contributed by atoms with Gasteiger partial charge in [0, 0.05) is 18.8 Å². The summed E-state index contributed by atoms with van der Waals surface area (Å²) in [5.74, 6) is 0.742. The number of hydrogen-bond donors (Lipinski definition) is 1. The normalized spacial score (nSPS) is 19.1. The van der Waals surface area contributed by atoms with E-state index in [4.69, 9.17) is 0 Å². The van der Waals surface area contributed by atoms with Crippen LogP contribution in [0.25, 0.3) is 0 Å². The van der Waals surface area contributed by atoms with Gasteiger partial charge in [-0.2, -0.15) is 0 Å². The first kappa shape index (κ1) is 14.2. The van der Waals surface area contributed by atoms with Crippen LogP contribution in [0.4, 0.5) is 0 Å². The van der Waals surface area contributed by atoms with E-state index in [0.717, 1.165) is 37.5 Å². The zero-order valence-corrected chi connectivity index (χ0v) is 12.5. The fourth-order valence-electron chi connectivity index (χ4n) is 3.07. The van der Waals surface area contributed by atoms with Crippen LogP contribution in [0.15, 0.2) is 42.7 Å². The van der Waals surface area contributed by atoms with Gasteiger partial charge in [0.15, 0.2) is 0 Å². The van der Waals surface area contributed by atoms with Gasteiger partial charge in [-0.05, 0) is 50.3 Å². The largest absolute Gasteiger partial charge is 0.317 e. The maximum absolute atomic E-state index is 4.62.